The van der Waals surface area contributed by atoms with E-state index in [2.05, 4.69) is 4.52 Å². The van der Waals surface area contributed by atoms with Gasteiger partial charge in [-0.25, -0.2) is 0 Å². The maximum absolute atomic E-state index is 5.79. The van der Waals surface area contributed by atoms with E-state index in [1.54, 1.807) is 0 Å². The van der Waals surface area contributed by atoms with Crippen LogP contribution >= 0.6 is 67.6 Å². The van der Waals surface area contributed by atoms with Crippen LogP contribution in [0.25, 0.3) is 0 Å². The summed E-state index contributed by atoms with van der Waals surface area (Å²) in [7, 11) is -1.94. The van der Waals surface area contributed by atoms with Gasteiger partial charge in [0.25, 0.3) is 0 Å². The van der Waals surface area contributed by atoms with Crippen LogP contribution in [0.4, 0.5) is 0 Å². The van der Waals surface area contributed by atoms with Gasteiger partial charge in [0.05, 0.1) is 0 Å². The van der Waals surface area contributed by atoms with Crippen molar-refractivity contribution in [2.45, 2.75) is 0 Å². The Balaban J connectivity index is 4.03. The molecule has 2 nitrogen and oxygen atoms in total. The second-order valence-electron chi connectivity index (χ2n) is 1.74. The van der Waals surface area contributed by atoms with E-state index in [0.29, 0.717) is 0 Å². The molecule has 11 heavy (non-hydrogen) atoms. The van der Waals surface area contributed by atoms with Crippen LogP contribution in [0.5, 0.6) is 0 Å². The SMILES string of the molecule is C[PH](C)=NP(Cl)N(Cl)P(Cl)Cl. The van der Waals surface area contributed by atoms with Gasteiger partial charge in [0.2, 0.25) is 7.58 Å². The summed E-state index contributed by atoms with van der Waals surface area (Å²) in [5, 5.41) is 0. The highest BCUT2D eigenvalue weighted by molar-refractivity contribution is 8.08. The Morgan fingerprint density at radius 2 is 1.73 bits per heavy atom. The zero-order valence-corrected chi connectivity index (χ0v) is 11.6. The van der Waals surface area contributed by atoms with E-state index in [4.69, 9.17) is 45.5 Å². The molecule has 0 saturated heterocycles. The maximum Gasteiger partial charge on any atom is 0.207 e. The third-order valence-electron chi connectivity index (χ3n) is 0.543. The molecule has 0 radical (unpaired) electrons. The summed E-state index contributed by atoms with van der Waals surface area (Å²) in [6, 6.07) is 0. The first-order chi connectivity index (χ1) is 4.95. The monoisotopic (exact) mass is 292 g/mol. The van der Waals surface area contributed by atoms with Crippen LogP contribution in [0, 0.1) is 0 Å². The molecule has 0 fully saturated rings. The molecule has 0 N–H and O–H groups in total. The third kappa shape index (κ3) is 6.30. The first kappa shape index (κ1) is 13.2. The summed E-state index contributed by atoms with van der Waals surface area (Å²) in [5.74, 6) is 0. The lowest BCUT2D eigenvalue weighted by molar-refractivity contribution is 1.22. The number of rotatable bonds is 3. The zero-order valence-electron chi connectivity index (χ0n) is 5.80. The largest absolute Gasteiger partial charge is 0.251 e. The second-order valence-corrected chi connectivity index (χ2v) is 10.6. The molecular weight excluding hydrogens is 287 g/mol. The molecule has 0 aromatic carbocycles. The molecule has 0 rings (SSSR count). The first-order valence-corrected chi connectivity index (χ1v) is 10.5. The quantitative estimate of drug-likeness (QED) is 0.511. The number of hydrogen-bond acceptors (Lipinski definition) is 2. The van der Waals surface area contributed by atoms with E-state index in [1.807, 2.05) is 13.3 Å². The fourth-order valence-electron chi connectivity index (χ4n) is 0.258. The maximum atomic E-state index is 5.79. The fourth-order valence-corrected chi connectivity index (χ4v) is 6.73. The van der Waals surface area contributed by atoms with Crippen molar-refractivity contribution in [1.29, 1.82) is 0 Å². The Kier molecular flexibility index (Phi) is 7.96. The Hall–Kier alpha value is 2.21. The van der Waals surface area contributed by atoms with Crippen LogP contribution in [-0.4, -0.2) is 17.3 Å². The van der Waals surface area contributed by atoms with Gasteiger partial charge >= 0.3 is 0 Å². The summed E-state index contributed by atoms with van der Waals surface area (Å²) >= 11 is 22.4. The molecule has 0 aliphatic rings. The van der Waals surface area contributed by atoms with Crippen LogP contribution in [0.3, 0.4) is 0 Å². The smallest absolute Gasteiger partial charge is 0.207 e. The molecule has 9 heteroatoms. The molecule has 0 aliphatic carbocycles. The summed E-state index contributed by atoms with van der Waals surface area (Å²) < 4.78 is 5.36. The molecule has 0 saturated carbocycles. The van der Waals surface area contributed by atoms with Gasteiger partial charge in [-0.2, -0.15) is 0 Å². The van der Waals surface area contributed by atoms with Crippen LogP contribution in [-0.2, 0) is 0 Å². The van der Waals surface area contributed by atoms with Gasteiger partial charge in [-0.1, -0.05) is 33.7 Å². The van der Waals surface area contributed by atoms with E-state index in [9.17, 15) is 0 Å². The minimum Gasteiger partial charge on any atom is -0.251 e. The van der Waals surface area contributed by atoms with E-state index < -0.39 is 22.1 Å². The lowest BCUT2D eigenvalue weighted by atomic mass is 11.9. The molecule has 1 atom stereocenters. The normalized spacial score (nSPS) is 14.6. The van der Waals surface area contributed by atoms with Crippen molar-refractivity contribution < 1.29 is 0 Å². The Labute approximate surface area is 89.1 Å². The van der Waals surface area contributed by atoms with Crippen molar-refractivity contribution >= 4 is 67.6 Å². The third-order valence-corrected chi connectivity index (χ3v) is 8.94. The van der Waals surface area contributed by atoms with Crippen LogP contribution in [0.1, 0.15) is 0 Å². The average molecular weight is 294 g/mol. The van der Waals surface area contributed by atoms with Crippen LogP contribution < -0.4 is 0 Å². The molecule has 0 spiro atoms. The van der Waals surface area contributed by atoms with E-state index >= 15 is 0 Å². The summed E-state index contributed by atoms with van der Waals surface area (Å²) in [4.78, 5) is 0. The van der Waals surface area contributed by atoms with Crippen molar-refractivity contribution in [2.75, 3.05) is 13.3 Å². The Morgan fingerprint density at radius 1 is 1.27 bits per heavy atom. The summed E-state index contributed by atoms with van der Waals surface area (Å²) in [6.07, 6.45) is 0. The fraction of sp³-hybridized carbons (Fsp3) is 1.00. The highest BCUT2D eigenvalue weighted by atomic mass is 35.9. The van der Waals surface area contributed by atoms with E-state index in [-0.39, 0.29) is 0 Å². The van der Waals surface area contributed by atoms with E-state index in [1.165, 1.54) is 3.96 Å². The van der Waals surface area contributed by atoms with Crippen molar-refractivity contribution in [2.24, 2.45) is 4.52 Å². The average Bonchev–Trinajstić information content (AvgIpc) is 1.84. The number of nitrogens with zero attached hydrogens (tertiary/aromatic N) is 2. The van der Waals surface area contributed by atoms with Gasteiger partial charge in [0.15, 0.2) is 6.78 Å². The Bertz CT molecular complexity index is 148. The van der Waals surface area contributed by atoms with Gasteiger partial charge in [0.1, 0.15) is 0 Å². The predicted octanol–water partition coefficient (Wildman–Crippen LogP) is 5.27. The topological polar surface area (TPSA) is 15.6 Å². The van der Waals surface area contributed by atoms with Gasteiger partial charge in [-0.15, -0.1) is 3.96 Å². The summed E-state index contributed by atoms with van der Waals surface area (Å²) in [5.41, 5.74) is 0. The zero-order chi connectivity index (χ0) is 9.02. The molecule has 1 unspecified atom stereocenters. The molecular formula is C2H7Cl4N2P3. The van der Waals surface area contributed by atoms with E-state index in [0.717, 1.165) is 0 Å². The minimum atomic E-state index is -1.37. The molecule has 0 aliphatic heterocycles. The lowest BCUT2D eigenvalue weighted by Gasteiger charge is -2.15. The van der Waals surface area contributed by atoms with Crippen molar-refractivity contribution in [3.05, 3.63) is 0 Å². The van der Waals surface area contributed by atoms with Crippen molar-refractivity contribution in [3.8, 4) is 0 Å². The lowest BCUT2D eigenvalue weighted by Crippen LogP contribution is -1.83. The number of hydrogen-bond donors (Lipinski definition) is 0. The second kappa shape index (κ2) is 6.63. The molecule has 0 heterocycles. The highest BCUT2D eigenvalue weighted by Crippen LogP contribution is 2.67. The van der Waals surface area contributed by atoms with Crippen LogP contribution in [0.2, 0.25) is 0 Å². The van der Waals surface area contributed by atoms with Gasteiger partial charge in [0, 0.05) is 0 Å². The standard InChI is InChI=1S/C2H7Cl4N2P3/c1-9(2)7-11(6)8(3)10(4)5/h9H,1-2H3. The van der Waals surface area contributed by atoms with Crippen molar-refractivity contribution in [1.82, 2.24) is 3.96 Å². The molecule has 0 amide bonds. The highest BCUT2D eigenvalue weighted by Gasteiger charge is 2.19. The molecule has 0 bridgehead atoms. The van der Waals surface area contributed by atoms with Gasteiger partial charge in [-0.3, -0.25) is 4.52 Å². The molecule has 0 aromatic rings. The van der Waals surface area contributed by atoms with Crippen LogP contribution in [0.15, 0.2) is 4.52 Å². The molecule has 68 valence electrons. The Morgan fingerprint density at radius 3 is 2.00 bits per heavy atom. The summed E-state index contributed by atoms with van der Waals surface area (Å²) in [6.45, 7) is 2.65. The predicted molar refractivity (Wildman–Crippen MR) is 61.7 cm³/mol. The number of halogens is 4. The van der Waals surface area contributed by atoms with Gasteiger partial charge in [-0.05, 0) is 32.8 Å². The van der Waals surface area contributed by atoms with Crippen molar-refractivity contribution in [3.63, 3.8) is 0 Å². The minimum absolute atomic E-state index is 0.723. The van der Waals surface area contributed by atoms with Gasteiger partial charge < -0.3 is 0 Å². The first-order valence-electron chi connectivity index (χ1n) is 2.50. The molecule has 0 aromatic heterocycles.